The van der Waals surface area contributed by atoms with Crippen LogP contribution < -0.4 is 0 Å². The van der Waals surface area contributed by atoms with Gasteiger partial charge in [-0.25, -0.2) is 0 Å². The highest BCUT2D eigenvalue weighted by atomic mass is 16.6. The molecule has 16 heavy (non-hydrogen) atoms. The normalized spacial score (nSPS) is 13.0. The third-order valence-electron chi connectivity index (χ3n) is 1.98. The molecule has 0 N–H and O–H groups in total. The summed E-state index contributed by atoms with van der Waals surface area (Å²) in [5.74, 6) is -0.213. The molecule has 0 spiro atoms. The summed E-state index contributed by atoms with van der Waals surface area (Å²) < 4.78 is 10.5. The van der Waals surface area contributed by atoms with Crippen LogP contribution in [0.2, 0.25) is 0 Å². The molecule has 0 aliphatic heterocycles. The smallest absolute Gasteiger partial charge is 0.310 e. The van der Waals surface area contributed by atoms with E-state index in [1.54, 1.807) is 0 Å². The van der Waals surface area contributed by atoms with E-state index < -0.39 is 5.60 Å². The number of rotatable bonds is 7. The monoisotopic (exact) mass is 228 g/mol. The molecule has 3 nitrogen and oxygen atoms in total. The van der Waals surface area contributed by atoms with E-state index >= 15 is 0 Å². The number of hydrogen-bond acceptors (Lipinski definition) is 3. The Balaban J connectivity index is 4.06. The lowest BCUT2D eigenvalue weighted by Gasteiger charge is -2.22. The Morgan fingerprint density at radius 1 is 1.44 bits per heavy atom. The first-order chi connectivity index (χ1) is 7.39. The average molecular weight is 228 g/mol. The second-order valence-electron chi connectivity index (χ2n) is 4.86. The van der Waals surface area contributed by atoms with Gasteiger partial charge in [-0.3, -0.25) is 4.79 Å². The quantitative estimate of drug-likeness (QED) is 0.494. The molecule has 0 fully saturated rings. The number of carbonyl (C=O) groups is 1. The van der Waals surface area contributed by atoms with Crippen molar-refractivity contribution in [1.29, 1.82) is 0 Å². The van der Waals surface area contributed by atoms with E-state index in [0.29, 0.717) is 6.42 Å². The van der Waals surface area contributed by atoms with Crippen LogP contribution in [0.3, 0.4) is 0 Å². The lowest BCUT2D eigenvalue weighted by Crippen LogP contribution is -2.27. The molecule has 0 rings (SSSR count). The van der Waals surface area contributed by atoms with E-state index in [2.05, 4.69) is 13.5 Å². The lowest BCUT2D eigenvalue weighted by atomic mass is 10.1. The van der Waals surface area contributed by atoms with Crippen molar-refractivity contribution in [3.8, 4) is 0 Å². The highest BCUT2D eigenvalue weighted by molar-refractivity contribution is 5.70. The summed E-state index contributed by atoms with van der Waals surface area (Å²) in [4.78, 5) is 11.6. The SMILES string of the molecule is C=CO[C@@H](CCCC)CC(=O)OC(C)(C)C. The van der Waals surface area contributed by atoms with Gasteiger partial charge in [0.1, 0.15) is 11.7 Å². The molecule has 0 unspecified atom stereocenters. The molecule has 0 heterocycles. The van der Waals surface area contributed by atoms with Crippen LogP contribution >= 0.6 is 0 Å². The standard InChI is InChI=1S/C13H24O3/c1-6-8-9-11(15-7-2)10-12(14)16-13(3,4)5/h7,11H,2,6,8-10H2,1,3-5H3/t11-/m0/s1. The predicted octanol–water partition coefficient (Wildman–Crippen LogP) is 3.44. The minimum atomic E-state index is -0.430. The van der Waals surface area contributed by atoms with Gasteiger partial charge in [0.05, 0.1) is 12.7 Å². The van der Waals surface area contributed by atoms with Gasteiger partial charge in [0.25, 0.3) is 0 Å². The molecule has 0 aromatic carbocycles. The maximum absolute atomic E-state index is 11.6. The fourth-order valence-corrected chi connectivity index (χ4v) is 1.36. The van der Waals surface area contributed by atoms with Crippen LogP contribution in [-0.2, 0) is 14.3 Å². The topological polar surface area (TPSA) is 35.5 Å². The summed E-state index contributed by atoms with van der Waals surface area (Å²) in [5, 5.41) is 0. The van der Waals surface area contributed by atoms with Crippen molar-refractivity contribution in [2.45, 2.75) is 65.1 Å². The number of ether oxygens (including phenoxy) is 2. The summed E-state index contributed by atoms with van der Waals surface area (Å²) in [5.41, 5.74) is -0.430. The zero-order valence-electron chi connectivity index (χ0n) is 10.9. The summed E-state index contributed by atoms with van der Waals surface area (Å²) in [6.07, 6.45) is 4.58. The molecule has 94 valence electrons. The van der Waals surface area contributed by atoms with Crippen LogP contribution in [0, 0.1) is 0 Å². The van der Waals surface area contributed by atoms with E-state index in [9.17, 15) is 4.79 Å². The van der Waals surface area contributed by atoms with Gasteiger partial charge in [0.2, 0.25) is 0 Å². The summed E-state index contributed by atoms with van der Waals surface area (Å²) in [6.45, 7) is 11.2. The molecule has 1 atom stereocenters. The first-order valence-corrected chi connectivity index (χ1v) is 5.87. The largest absolute Gasteiger partial charge is 0.498 e. The van der Waals surface area contributed by atoms with Crippen LogP contribution in [0.1, 0.15) is 53.4 Å². The first-order valence-electron chi connectivity index (χ1n) is 5.87. The van der Waals surface area contributed by atoms with Crippen LogP contribution in [0.15, 0.2) is 12.8 Å². The third-order valence-corrected chi connectivity index (χ3v) is 1.98. The highest BCUT2D eigenvalue weighted by Gasteiger charge is 2.20. The molecule has 0 aromatic heterocycles. The molecular formula is C13H24O3. The van der Waals surface area contributed by atoms with Crippen molar-refractivity contribution in [2.24, 2.45) is 0 Å². The Bertz CT molecular complexity index is 216. The highest BCUT2D eigenvalue weighted by Crippen LogP contribution is 2.14. The Kier molecular flexibility index (Phi) is 6.86. The second kappa shape index (κ2) is 7.31. The van der Waals surface area contributed by atoms with E-state index in [4.69, 9.17) is 9.47 Å². The molecule has 0 saturated carbocycles. The minimum Gasteiger partial charge on any atom is -0.498 e. The molecule has 0 aliphatic carbocycles. The number of hydrogen-bond donors (Lipinski definition) is 0. The summed E-state index contributed by atoms with van der Waals surface area (Å²) in [6, 6.07) is 0. The van der Waals surface area contributed by atoms with Crippen LogP contribution in [0.5, 0.6) is 0 Å². The lowest BCUT2D eigenvalue weighted by molar-refractivity contribution is -0.157. The van der Waals surface area contributed by atoms with E-state index in [-0.39, 0.29) is 12.1 Å². The Labute approximate surface area is 98.8 Å². The zero-order valence-corrected chi connectivity index (χ0v) is 10.9. The van der Waals surface area contributed by atoms with Gasteiger partial charge in [-0.1, -0.05) is 26.3 Å². The maximum atomic E-state index is 11.6. The second-order valence-corrected chi connectivity index (χ2v) is 4.86. The molecule has 0 amide bonds. The molecular weight excluding hydrogens is 204 g/mol. The minimum absolute atomic E-state index is 0.104. The predicted molar refractivity (Wildman–Crippen MR) is 65.1 cm³/mol. The molecule has 0 bridgehead atoms. The number of unbranched alkanes of at least 4 members (excludes halogenated alkanes) is 1. The van der Waals surface area contributed by atoms with Gasteiger partial charge >= 0.3 is 5.97 Å². The van der Waals surface area contributed by atoms with Crippen molar-refractivity contribution in [2.75, 3.05) is 0 Å². The molecule has 0 saturated heterocycles. The van der Waals surface area contributed by atoms with Gasteiger partial charge in [-0.2, -0.15) is 0 Å². The van der Waals surface area contributed by atoms with Crippen molar-refractivity contribution < 1.29 is 14.3 Å². The van der Waals surface area contributed by atoms with E-state index in [0.717, 1.165) is 19.3 Å². The third kappa shape index (κ3) is 8.33. The summed E-state index contributed by atoms with van der Waals surface area (Å²) >= 11 is 0. The fourth-order valence-electron chi connectivity index (χ4n) is 1.36. The van der Waals surface area contributed by atoms with Crippen molar-refractivity contribution in [1.82, 2.24) is 0 Å². The van der Waals surface area contributed by atoms with E-state index in [1.165, 1.54) is 6.26 Å². The molecule has 0 aliphatic rings. The van der Waals surface area contributed by atoms with Gasteiger partial charge in [-0.05, 0) is 27.2 Å². The van der Waals surface area contributed by atoms with Crippen molar-refractivity contribution in [3.63, 3.8) is 0 Å². The molecule has 0 aromatic rings. The van der Waals surface area contributed by atoms with Gasteiger partial charge in [0, 0.05) is 0 Å². The van der Waals surface area contributed by atoms with Gasteiger partial charge in [-0.15, -0.1) is 0 Å². The van der Waals surface area contributed by atoms with Gasteiger partial charge in [0.15, 0.2) is 0 Å². The Morgan fingerprint density at radius 3 is 2.50 bits per heavy atom. The molecule has 3 heteroatoms. The Morgan fingerprint density at radius 2 is 2.06 bits per heavy atom. The van der Waals surface area contributed by atoms with Gasteiger partial charge < -0.3 is 9.47 Å². The molecule has 0 radical (unpaired) electrons. The average Bonchev–Trinajstić information content (AvgIpc) is 2.11. The first kappa shape index (κ1) is 15.0. The van der Waals surface area contributed by atoms with E-state index in [1.807, 2.05) is 20.8 Å². The van der Waals surface area contributed by atoms with Crippen LogP contribution in [0.4, 0.5) is 0 Å². The van der Waals surface area contributed by atoms with Crippen molar-refractivity contribution >= 4 is 5.97 Å². The van der Waals surface area contributed by atoms with Crippen LogP contribution in [-0.4, -0.2) is 17.7 Å². The van der Waals surface area contributed by atoms with Crippen molar-refractivity contribution in [3.05, 3.63) is 12.8 Å². The summed E-state index contributed by atoms with van der Waals surface area (Å²) in [7, 11) is 0. The number of esters is 1. The maximum Gasteiger partial charge on any atom is 0.310 e. The van der Waals surface area contributed by atoms with Crippen LogP contribution in [0.25, 0.3) is 0 Å². The zero-order chi connectivity index (χ0) is 12.6. The Hall–Kier alpha value is -0.990. The number of carbonyl (C=O) groups excluding carboxylic acids is 1. The fraction of sp³-hybridized carbons (Fsp3) is 0.769.